The normalized spacial score (nSPS) is 11.1. The van der Waals surface area contributed by atoms with Crippen LogP contribution in [0.4, 0.5) is 4.39 Å². The lowest BCUT2D eigenvalue weighted by molar-refractivity contribution is 0.469. The van der Waals surface area contributed by atoms with Crippen LogP contribution >= 0.6 is 0 Å². The summed E-state index contributed by atoms with van der Waals surface area (Å²) in [5, 5.41) is 9.33. The lowest BCUT2D eigenvalue weighted by atomic mass is 10.2. The van der Waals surface area contributed by atoms with Crippen molar-refractivity contribution in [2.24, 2.45) is 0 Å². The maximum absolute atomic E-state index is 14.1. The van der Waals surface area contributed by atoms with Crippen LogP contribution in [0, 0.1) is 5.82 Å². The summed E-state index contributed by atoms with van der Waals surface area (Å²) in [5.41, 5.74) is 2.26. The number of hydrogen-bond donors (Lipinski definition) is 1. The van der Waals surface area contributed by atoms with Gasteiger partial charge in [0.05, 0.1) is 16.6 Å². The second-order valence-corrected chi connectivity index (χ2v) is 4.74. The number of aryl methyl sites for hydroxylation is 1. The van der Waals surface area contributed by atoms with Gasteiger partial charge < -0.3 is 9.67 Å². The number of halogens is 1. The molecule has 0 aliphatic rings. The Morgan fingerprint density at radius 3 is 2.75 bits per heavy atom. The van der Waals surface area contributed by atoms with Gasteiger partial charge in [-0.15, -0.1) is 0 Å². The van der Waals surface area contributed by atoms with Crippen molar-refractivity contribution in [2.75, 3.05) is 0 Å². The highest BCUT2D eigenvalue weighted by Gasteiger charge is 2.15. The molecule has 0 saturated heterocycles. The van der Waals surface area contributed by atoms with Crippen LogP contribution in [0.2, 0.25) is 0 Å². The fourth-order valence-electron chi connectivity index (χ4n) is 2.42. The first-order valence-electron chi connectivity index (χ1n) is 6.65. The van der Waals surface area contributed by atoms with E-state index in [0.29, 0.717) is 11.4 Å². The highest BCUT2D eigenvalue weighted by molar-refractivity contribution is 5.80. The maximum atomic E-state index is 14.1. The first-order chi connectivity index (χ1) is 9.70. The van der Waals surface area contributed by atoms with Gasteiger partial charge in [-0.25, -0.2) is 9.37 Å². The van der Waals surface area contributed by atoms with E-state index in [1.54, 1.807) is 6.07 Å². The van der Waals surface area contributed by atoms with E-state index in [9.17, 15) is 9.50 Å². The summed E-state index contributed by atoms with van der Waals surface area (Å²) in [5.74, 6) is 0.0626. The van der Waals surface area contributed by atoms with Crippen LogP contribution in [0.3, 0.4) is 0 Å². The number of para-hydroxylation sites is 2. The van der Waals surface area contributed by atoms with Gasteiger partial charge >= 0.3 is 0 Å². The Kier molecular flexibility index (Phi) is 3.14. The molecule has 0 amide bonds. The van der Waals surface area contributed by atoms with Gasteiger partial charge in [0, 0.05) is 12.6 Å². The first kappa shape index (κ1) is 12.7. The lowest BCUT2D eigenvalue weighted by Crippen LogP contribution is -2.00. The van der Waals surface area contributed by atoms with Crippen LogP contribution < -0.4 is 0 Å². The molecular weight excluding hydrogens is 255 g/mol. The quantitative estimate of drug-likeness (QED) is 0.782. The van der Waals surface area contributed by atoms with Gasteiger partial charge in [0.1, 0.15) is 17.4 Å². The highest BCUT2D eigenvalue weighted by atomic mass is 19.1. The number of phenols is 1. The van der Waals surface area contributed by atoms with Gasteiger partial charge in [0.15, 0.2) is 0 Å². The van der Waals surface area contributed by atoms with Crippen molar-refractivity contribution < 1.29 is 9.50 Å². The largest absolute Gasteiger partial charge is 0.508 e. The number of fused-ring (bicyclic) bond motifs is 1. The monoisotopic (exact) mass is 270 g/mol. The van der Waals surface area contributed by atoms with Crippen molar-refractivity contribution in [3.63, 3.8) is 0 Å². The third kappa shape index (κ3) is 2.03. The molecule has 4 heteroatoms. The van der Waals surface area contributed by atoms with Crippen molar-refractivity contribution >= 4 is 11.0 Å². The van der Waals surface area contributed by atoms with E-state index in [2.05, 4.69) is 11.9 Å². The molecular formula is C16H15FN2O. The van der Waals surface area contributed by atoms with Crippen LogP contribution in [-0.2, 0) is 6.54 Å². The summed E-state index contributed by atoms with van der Waals surface area (Å²) in [6.45, 7) is 2.85. The Bertz CT molecular complexity index is 764. The van der Waals surface area contributed by atoms with E-state index in [1.165, 1.54) is 6.07 Å². The van der Waals surface area contributed by atoms with Gasteiger partial charge in [0.25, 0.3) is 0 Å². The second-order valence-electron chi connectivity index (χ2n) is 4.74. The number of imidazole rings is 1. The Balaban J connectivity index is 2.26. The molecule has 3 nitrogen and oxygen atoms in total. The number of hydrogen-bond acceptors (Lipinski definition) is 2. The third-order valence-electron chi connectivity index (χ3n) is 3.30. The SMILES string of the molecule is CCCn1c(-c2ccc(O)cc2F)nc2ccccc21. The van der Waals surface area contributed by atoms with E-state index < -0.39 is 5.82 Å². The van der Waals surface area contributed by atoms with Crippen molar-refractivity contribution in [3.05, 3.63) is 48.3 Å². The summed E-state index contributed by atoms with van der Waals surface area (Å²) in [7, 11) is 0. The Hall–Kier alpha value is -2.36. The van der Waals surface area contributed by atoms with Gasteiger partial charge in [-0.05, 0) is 30.7 Å². The van der Waals surface area contributed by atoms with Crippen molar-refractivity contribution in [1.29, 1.82) is 0 Å². The van der Waals surface area contributed by atoms with E-state index in [-0.39, 0.29) is 5.75 Å². The molecule has 3 rings (SSSR count). The fraction of sp³-hybridized carbons (Fsp3) is 0.188. The summed E-state index contributed by atoms with van der Waals surface area (Å²) in [4.78, 5) is 4.53. The number of aromatic nitrogens is 2. The molecule has 0 fully saturated rings. The maximum Gasteiger partial charge on any atom is 0.144 e. The van der Waals surface area contributed by atoms with Crippen molar-refractivity contribution in [2.45, 2.75) is 19.9 Å². The Morgan fingerprint density at radius 2 is 2.00 bits per heavy atom. The first-order valence-corrected chi connectivity index (χ1v) is 6.65. The number of nitrogens with zero attached hydrogens (tertiary/aromatic N) is 2. The average Bonchev–Trinajstić information content (AvgIpc) is 2.78. The summed E-state index contributed by atoms with van der Waals surface area (Å²) < 4.78 is 16.1. The van der Waals surface area contributed by atoms with Crippen LogP contribution in [0.5, 0.6) is 5.75 Å². The molecule has 0 radical (unpaired) electrons. The molecule has 0 bridgehead atoms. The van der Waals surface area contributed by atoms with Crippen LogP contribution in [0.25, 0.3) is 22.4 Å². The number of benzene rings is 2. The molecule has 2 aromatic carbocycles. The molecule has 0 aliphatic carbocycles. The van der Waals surface area contributed by atoms with Crippen LogP contribution in [0.1, 0.15) is 13.3 Å². The third-order valence-corrected chi connectivity index (χ3v) is 3.30. The zero-order valence-electron chi connectivity index (χ0n) is 11.2. The van der Waals surface area contributed by atoms with E-state index in [1.807, 2.05) is 28.8 Å². The van der Waals surface area contributed by atoms with Crippen molar-refractivity contribution in [1.82, 2.24) is 9.55 Å². The molecule has 0 aliphatic heterocycles. The molecule has 1 heterocycles. The number of aromatic hydroxyl groups is 1. The fourth-order valence-corrected chi connectivity index (χ4v) is 2.42. The smallest absolute Gasteiger partial charge is 0.144 e. The highest BCUT2D eigenvalue weighted by Crippen LogP contribution is 2.28. The minimum absolute atomic E-state index is 0.0793. The predicted molar refractivity (Wildman–Crippen MR) is 77.1 cm³/mol. The Labute approximate surface area is 116 Å². The topological polar surface area (TPSA) is 38.0 Å². The van der Waals surface area contributed by atoms with Crippen LogP contribution in [-0.4, -0.2) is 14.7 Å². The summed E-state index contributed by atoms with van der Waals surface area (Å²) in [6, 6.07) is 11.9. The van der Waals surface area contributed by atoms with E-state index in [0.717, 1.165) is 30.1 Å². The minimum atomic E-state index is -0.461. The predicted octanol–water partition coefficient (Wildman–Crippen LogP) is 3.96. The molecule has 0 unspecified atom stereocenters. The molecule has 0 atom stereocenters. The Morgan fingerprint density at radius 1 is 1.20 bits per heavy atom. The van der Waals surface area contributed by atoms with Gasteiger partial charge in [-0.2, -0.15) is 0 Å². The number of rotatable bonds is 3. The lowest BCUT2D eigenvalue weighted by Gasteiger charge is -2.08. The molecule has 0 spiro atoms. The van der Waals surface area contributed by atoms with Crippen molar-refractivity contribution in [3.8, 4) is 17.1 Å². The zero-order chi connectivity index (χ0) is 14.1. The standard InChI is InChI=1S/C16H15FN2O/c1-2-9-19-15-6-4-3-5-14(15)18-16(19)12-8-7-11(20)10-13(12)17/h3-8,10,20H,2,9H2,1H3. The van der Waals surface area contributed by atoms with Gasteiger partial charge in [-0.3, -0.25) is 0 Å². The van der Waals surface area contributed by atoms with E-state index in [4.69, 9.17) is 0 Å². The minimum Gasteiger partial charge on any atom is -0.508 e. The number of phenolic OH excluding ortho intramolecular Hbond substituents is 1. The molecule has 1 N–H and O–H groups in total. The summed E-state index contributed by atoms with van der Waals surface area (Å²) >= 11 is 0. The molecule has 3 aromatic rings. The molecule has 1 aromatic heterocycles. The van der Waals surface area contributed by atoms with E-state index >= 15 is 0 Å². The second kappa shape index (κ2) is 4.96. The zero-order valence-corrected chi connectivity index (χ0v) is 11.2. The average molecular weight is 270 g/mol. The molecule has 0 saturated carbocycles. The molecule has 20 heavy (non-hydrogen) atoms. The van der Waals surface area contributed by atoms with Gasteiger partial charge in [-0.1, -0.05) is 19.1 Å². The molecule has 102 valence electrons. The summed E-state index contributed by atoms with van der Waals surface area (Å²) in [6.07, 6.45) is 0.938. The van der Waals surface area contributed by atoms with Crippen LogP contribution in [0.15, 0.2) is 42.5 Å². The van der Waals surface area contributed by atoms with Gasteiger partial charge in [0.2, 0.25) is 0 Å².